The van der Waals surface area contributed by atoms with E-state index in [2.05, 4.69) is 11.8 Å². The SMILES string of the molecule is O=C(OC1CCCCC1)C1CCC2CC(C#CC3CCCCC3)CCC2C1. The van der Waals surface area contributed by atoms with Crippen LogP contribution in [0.4, 0.5) is 0 Å². The number of hydrogen-bond donors (Lipinski definition) is 0. The van der Waals surface area contributed by atoms with Crippen molar-refractivity contribution in [3.05, 3.63) is 0 Å². The molecule has 0 saturated heterocycles. The lowest BCUT2D eigenvalue weighted by molar-refractivity contribution is -0.158. The quantitative estimate of drug-likeness (QED) is 0.422. The van der Waals surface area contributed by atoms with Crippen LogP contribution in [-0.4, -0.2) is 12.1 Å². The fourth-order valence-electron chi connectivity index (χ4n) is 6.16. The summed E-state index contributed by atoms with van der Waals surface area (Å²) in [6, 6.07) is 0. The second-order valence-electron chi connectivity index (χ2n) is 9.86. The zero-order valence-electron chi connectivity index (χ0n) is 17.1. The monoisotopic (exact) mass is 370 g/mol. The maximum Gasteiger partial charge on any atom is 0.309 e. The lowest BCUT2D eigenvalue weighted by Crippen LogP contribution is -2.35. The first-order valence-corrected chi connectivity index (χ1v) is 12.0. The van der Waals surface area contributed by atoms with Crippen LogP contribution in [0.25, 0.3) is 0 Å². The van der Waals surface area contributed by atoms with E-state index in [4.69, 9.17) is 4.74 Å². The summed E-state index contributed by atoms with van der Waals surface area (Å²) in [6.07, 6.45) is 20.2. The zero-order valence-corrected chi connectivity index (χ0v) is 17.1. The number of hydrogen-bond acceptors (Lipinski definition) is 2. The third kappa shape index (κ3) is 5.30. The maximum atomic E-state index is 12.6. The number of fused-ring (bicyclic) bond motifs is 1. The predicted octanol–water partition coefficient (Wildman–Crippen LogP) is 6.28. The van der Waals surface area contributed by atoms with Gasteiger partial charge in [-0.15, -0.1) is 0 Å². The first-order valence-electron chi connectivity index (χ1n) is 12.0. The van der Waals surface area contributed by atoms with Crippen LogP contribution in [0.15, 0.2) is 0 Å². The summed E-state index contributed by atoms with van der Waals surface area (Å²) in [6.45, 7) is 0. The molecule has 0 heterocycles. The predicted molar refractivity (Wildman–Crippen MR) is 109 cm³/mol. The van der Waals surface area contributed by atoms with Crippen LogP contribution >= 0.6 is 0 Å². The Labute approximate surface area is 166 Å². The molecule has 0 bridgehead atoms. The Hall–Kier alpha value is -0.970. The highest BCUT2D eigenvalue weighted by atomic mass is 16.5. The van der Waals surface area contributed by atoms with Crippen molar-refractivity contribution in [2.24, 2.45) is 29.6 Å². The Kier molecular flexibility index (Phi) is 6.80. The third-order valence-corrected chi connectivity index (χ3v) is 7.88. The number of esters is 1. The van der Waals surface area contributed by atoms with Gasteiger partial charge in [-0.1, -0.05) is 37.5 Å². The summed E-state index contributed by atoms with van der Waals surface area (Å²) in [7, 11) is 0. The molecule has 2 nitrogen and oxygen atoms in total. The maximum absolute atomic E-state index is 12.6. The Bertz CT molecular complexity index is 544. The summed E-state index contributed by atoms with van der Waals surface area (Å²) in [5, 5.41) is 0. The third-order valence-electron chi connectivity index (χ3n) is 7.88. The molecule has 4 aliphatic rings. The molecule has 4 rings (SSSR count). The van der Waals surface area contributed by atoms with Gasteiger partial charge in [0.1, 0.15) is 6.10 Å². The molecule has 4 aliphatic carbocycles. The van der Waals surface area contributed by atoms with Gasteiger partial charge in [-0.2, -0.15) is 0 Å². The van der Waals surface area contributed by atoms with Gasteiger partial charge in [0, 0.05) is 11.8 Å². The van der Waals surface area contributed by atoms with Gasteiger partial charge in [-0.25, -0.2) is 0 Å². The molecular formula is C25H38O2. The molecule has 4 atom stereocenters. The second-order valence-corrected chi connectivity index (χ2v) is 9.86. The van der Waals surface area contributed by atoms with Crippen molar-refractivity contribution in [1.82, 2.24) is 0 Å². The summed E-state index contributed by atoms with van der Waals surface area (Å²) in [5.41, 5.74) is 0. The van der Waals surface area contributed by atoms with E-state index in [0.29, 0.717) is 11.8 Å². The molecule has 27 heavy (non-hydrogen) atoms. The zero-order chi connectivity index (χ0) is 18.5. The summed E-state index contributed by atoms with van der Waals surface area (Å²) in [5.74, 6) is 10.5. The average Bonchev–Trinajstić information content (AvgIpc) is 2.73. The van der Waals surface area contributed by atoms with Crippen LogP contribution in [0.5, 0.6) is 0 Å². The topological polar surface area (TPSA) is 26.3 Å². The van der Waals surface area contributed by atoms with Crippen molar-refractivity contribution in [2.75, 3.05) is 0 Å². The van der Waals surface area contributed by atoms with Crippen LogP contribution < -0.4 is 0 Å². The van der Waals surface area contributed by atoms with E-state index in [1.54, 1.807) is 0 Å². The highest BCUT2D eigenvalue weighted by Crippen LogP contribution is 2.45. The van der Waals surface area contributed by atoms with Gasteiger partial charge < -0.3 is 4.74 Å². The van der Waals surface area contributed by atoms with Gasteiger partial charge in [0.05, 0.1) is 5.92 Å². The van der Waals surface area contributed by atoms with E-state index in [-0.39, 0.29) is 18.0 Å². The van der Waals surface area contributed by atoms with Crippen molar-refractivity contribution in [1.29, 1.82) is 0 Å². The largest absolute Gasteiger partial charge is 0.462 e. The van der Waals surface area contributed by atoms with E-state index < -0.39 is 0 Å². The summed E-state index contributed by atoms with van der Waals surface area (Å²) >= 11 is 0. The molecule has 150 valence electrons. The minimum atomic E-state index is 0.125. The van der Waals surface area contributed by atoms with E-state index in [0.717, 1.165) is 37.5 Å². The fourth-order valence-corrected chi connectivity index (χ4v) is 6.16. The van der Waals surface area contributed by atoms with Crippen LogP contribution in [0.2, 0.25) is 0 Å². The Morgan fingerprint density at radius 2 is 1.26 bits per heavy atom. The van der Waals surface area contributed by atoms with Gasteiger partial charge in [0.25, 0.3) is 0 Å². The van der Waals surface area contributed by atoms with Crippen molar-refractivity contribution in [3.8, 4) is 11.8 Å². The Morgan fingerprint density at radius 3 is 2.04 bits per heavy atom. The number of carbonyl (C=O) groups is 1. The molecule has 0 aliphatic heterocycles. The lowest BCUT2D eigenvalue weighted by atomic mass is 9.65. The molecule has 0 aromatic rings. The molecule has 0 radical (unpaired) electrons. The highest BCUT2D eigenvalue weighted by Gasteiger charge is 2.38. The van der Waals surface area contributed by atoms with Crippen LogP contribution in [0.1, 0.15) is 103 Å². The van der Waals surface area contributed by atoms with Crippen molar-refractivity contribution >= 4 is 5.97 Å². The van der Waals surface area contributed by atoms with Crippen molar-refractivity contribution in [3.63, 3.8) is 0 Å². The van der Waals surface area contributed by atoms with E-state index in [1.807, 2.05) is 0 Å². The standard InChI is InChI=1S/C25H38O2/c26-25(27-24-9-5-2-6-10-24)23-16-15-21-17-20(13-14-22(21)18-23)12-11-19-7-3-1-4-8-19/h19-24H,1-10,13-18H2. The molecule has 0 amide bonds. The molecular weight excluding hydrogens is 332 g/mol. The smallest absolute Gasteiger partial charge is 0.309 e. The summed E-state index contributed by atoms with van der Waals surface area (Å²) in [4.78, 5) is 12.6. The number of rotatable bonds is 2. The van der Waals surface area contributed by atoms with Crippen molar-refractivity contribution in [2.45, 2.75) is 109 Å². The molecule has 4 saturated carbocycles. The van der Waals surface area contributed by atoms with E-state index >= 15 is 0 Å². The van der Waals surface area contributed by atoms with E-state index in [1.165, 1.54) is 77.0 Å². The molecule has 2 heteroatoms. The lowest BCUT2D eigenvalue weighted by Gasteiger charge is -2.40. The molecule has 4 fully saturated rings. The first-order chi connectivity index (χ1) is 13.3. The van der Waals surface area contributed by atoms with Crippen LogP contribution in [0.3, 0.4) is 0 Å². The molecule has 0 spiro atoms. The fraction of sp³-hybridized carbons (Fsp3) is 0.880. The Morgan fingerprint density at radius 1 is 0.630 bits per heavy atom. The minimum Gasteiger partial charge on any atom is -0.462 e. The van der Waals surface area contributed by atoms with Crippen LogP contribution in [0, 0.1) is 41.4 Å². The molecule has 0 aromatic carbocycles. The minimum absolute atomic E-state index is 0.125. The first kappa shape index (κ1) is 19.4. The summed E-state index contributed by atoms with van der Waals surface area (Å²) < 4.78 is 5.88. The van der Waals surface area contributed by atoms with Gasteiger partial charge in [-0.05, 0) is 88.9 Å². The average molecular weight is 371 g/mol. The van der Waals surface area contributed by atoms with Gasteiger partial charge in [-0.3, -0.25) is 4.79 Å². The Balaban J connectivity index is 1.23. The molecule has 4 unspecified atom stereocenters. The highest BCUT2D eigenvalue weighted by molar-refractivity contribution is 5.72. The second kappa shape index (κ2) is 9.49. The van der Waals surface area contributed by atoms with Crippen molar-refractivity contribution < 1.29 is 9.53 Å². The number of carbonyl (C=O) groups excluding carboxylic acids is 1. The van der Waals surface area contributed by atoms with Gasteiger partial charge in [0.2, 0.25) is 0 Å². The van der Waals surface area contributed by atoms with E-state index in [9.17, 15) is 4.79 Å². The number of ether oxygens (including phenoxy) is 1. The molecule has 0 aromatic heterocycles. The van der Waals surface area contributed by atoms with Gasteiger partial charge in [0.15, 0.2) is 0 Å². The normalized spacial score (nSPS) is 35.6. The van der Waals surface area contributed by atoms with Gasteiger partial charge >= 0.3 is 5.97 Å². The van der Waals surface area contributed by atoms with Crippen LogP contribution in [-0.2, 0) is 9.53 Å². The molecule has 0 N–H and O–H groups in total.